The molecular formula is C37H42N4O7. The highest BCUT2D eigenvalue weighted by Crippen LogP contribution is 2.57. The lowest BCUT2D eigenvalue weighted by Crippen LogP contribution is -2.69. The van der Waals surface area contributed by atoms with Gasteiger partial charge in [0.25, 0.3) is 5.91 Å². The zero-order valence-corrected chi connectivity index (χ0v) is 28.4. The maximum absolute atomic E-state index is 13.3. The quantitative estimate of drug-likeness (QED) is 0.307. The third kappa shape index (κ3) is 4.93. The first-order valence-electron chi connectivity index (χ1n) is 16.1. The van der Waals surface area contributed by atoms with Crippen LogP contribution in [0, 0.1) is 32.1 Å². The number of nitriles is 1. The molecule has 48 heavy (non-hydrogen) atoms. The van der Waals surface area contributed by atoms with Gasteiger partial charge in [-0.2, -0.15) is 5.26 Å². The topological polar surface area (TPSA) is 145 Å². The van der Waals surface area contributed by atoms with Crippen molar-refractivity contribution < 1.29 is 34.0 Å². The van der Waals surface area contributed by atoms with Crippen molar-refractivity contribution in [1.29, 1.82) is 5.26 Å². The predicted molar refractivity (Wildman–Crippen MR) is 178 cm³/mol. The number of phenolic OH excluding ortho intramolecular Hbond substituents is 2. The Morgan fingerprint density at radius 2 is 1.48 bits per heavy atom. The molecule has 0 aromatic heterocycles. The molecule has 3 aromatic rings. The standard InChI is InChI=1S/C37H42N4O7/c1-18-19(2)35(47-6)33(44)30-22(18)14-24-26(16-38)41-25(31(30)40(24)4)15-23-29(32(43)36(48-7)20(3)34(23)46-5)27(41)17-39-37(45)28(42)13-21-11-9-8-10-12-21/h8-12,24-27,31,43-44H,13-15,17H2,1-7H3,(H,39,45)/t24-,25-,26-,27-,31-/m0/s1. The van der Waals surface area contributed by atoms with Gasteiger partial charge >= 0.3 is 0 Å². The molecule has 3 heterocycles. The molecule has 252 valence electrons. The summed E-state index contributed by atoms with van der Waals surface area (Å²) < 4.78 is 17.3. The number of Topliss-reactive ketones (excluding diaryl/α,β-unsaturated/α-hetero) is 1. The van der Waals surface area contributed by atoms with Crippen molar-refractivity contribution >= 4 is 11.7 Å². The van der Waals surface area contributed by atoms with E-state index in [2.05, 4.69) is 21.2 Å². The molecule has 2 bridgehead atoms. The van der Waals surface area contributed by atoms with Crippen molar-refractivity contribution in [3.05, 3.63) is 74.8 Å². The lowest BCUT2D eigenvalue weighted by atomic mass is 9.70. The molecule has 0 saturated carbocycles. The van der Waals surface area contributed by atoms with Crippen molar-refractivity contribution in [2.24, 2.45) is 0 Å². The van der Waals surface area contributed by atoms with Gasteiger partial charge in [-0.1, -0.05) is 30.3 Å². The fourth-order valence-corrected chi connectivity index (χ4v) is 8.49. The molecule has 11 nitrogen and oxygen atoms in total. The molecule has 3 aromatic carbocycles. The minimum absolute atomic E-state index is 0.0568. The molecule has 1 amide bonds. The van der Waals surface area contributed by atoms with E-state index in [0.29, 0.717) is 35.5 Å². The Kier molecular flexibility index (Phi) is 8.75. The zero-order chi connectivity index (χ0) is 34.6. The molecule has 6 rings (SSSR count). The molecular weight excluding hydrogens is 612 g/mol. The highest BCUT2D eigenvalue weighted by atomic mass is 16.5. The Morgan fingerprint density at radius 1 is 0.875 bits per heavy atom. The number of carbonyl (C=O) groups is 2. The van der Waals surface area contributed by atoms with E-state index in [1.165, 1.54) is 7.11 Å². The van der Waals surface area contributed by atoms with Crippen LogP contribution in [0.15, 0.2) is 30.3 Å². The second kappa shape index (κ2) is 12.7. The number of piperazine rings is 1. The first-order chi connectivity index (χ1) is 23.0. The van der Waals surface area contributed by atoms with Gasteiger partial charge < -0.3 is 29.7 Å². The van der Waals surface area contributed by atoms with Crippen molar-refractivity contribution in [3.8, 4) is 34.8 Å². The number of amides is 1. The van der Waals surface area contributed by atoms with Gasteiger partial charge in [0, 0.05) is 47.3 Å². The van der Waals surface area contributed by atoms with Gasteiger partial charge in [0.15, 0.2) is 23.0 Å². The summed E-state index contributed by atoms with van der Waals surface area (Å²) in [6.07, 6.45) is 0.809. The number of nitrogens with zero attached hydrogens (tertiary/aromatic N) is 3. The largest absolute Gasteiger partial charge is 0.504 e. The normalized spacial score (nSPS) is 22.8. The molecule has 0 radical (unpaired) electrons. The smallest absolute Gasteiger partial charge is 0.287 e. The third-order valence-corrected chi connectivity index (χ3v) is 10.8. The number of rotatable bonds is 8. The predicted octanol–water partition coefficient (Wildman–Crippen LogP) is 3.75. The van der Waals surface area contributed by atoms with Crippen LogP contribution < -0.4 is 19.5 Å². The Hall–Kier alpha value is -4.79. The molecule has 11 heteroatoms. The molecule has 0 aliphatic carbocycles. The number of likely N-dealkylation sites (N-methyl/N-ethyl adjacent to an activating group) is 1. The number of benzene rings is 3. The van der Waals surface area contributed by atoms with Gasteiger partial charge in [-0.25, -0.2) is 0 Å². The molecule has 1 saturated heterocycles. The van der Waals surface area contributed by atoms with Crippen LogP contribution in [-0.4, -0.2) is 84.8 Å². The Morgan fingerprint density at radius 3 is 2.10 bits per heavy atom. The van der Waals surface area contributed by atoms with Crippen LogP contribution in [0.2, 0.25) is 0 Å². The number of phenols is 2. The van der Waals surface area contributed by atoms with Gasteiger partial charge in [0.2, 0.25) is 5.78 Å². The zero-order valence-electron chi connectivity index (χ0n) is 28.4. The lowest BCUT2D eigenvalue weighted by molar-refractivity contribution is -0.138. The summed E-state index contributed by atoms with van der Waals surface area (Å²) >= 11 is 0. The van der Waals surface area contributed by atoms with Crippen LogP contribution in [0.4, 0.5) is 0 Å². The third-order valence-electron chi connectivity index (χ3n) is 10.8. The highest BCUT2D eigenvalue weighted by Gasteiger charge is 2.56. The number of fused-ring (bicyclic) bond motifs is 7. The average Bonchev–Trinajstić information content (AvgIpc) is 3.07. The average molecular weight is 655 g/mol. The first kappa shape index (κ1) is 33.1. The molecule has 5 atom stereocenters. The summed E-state index contributed by atoms with van der Waals surface area (Å²) in [7, 11) is 6.54. The minimum atomic E-state index is -0.755. The number of nitrogens with one attached hydrogen (secondary N) is 1. The van der Waals surface area contributed by atoms with E-state index in [-0.39, 0.29) is 42.3 Å². The van der Waals surface area contributed by atoms with Gasteiger partial charge in [-0.05, 0) is 62.9 Å². The van der Waals surface area contributed by atoms with E-state index in [0.717, 1.165) is 33.4 Å². The number of aromatic hydroxyl groups is 2. The summed E-state index contributed by atoms with van der Waals surface area (Å²) in [5, 5.41) is 37.2. The van der Waals surface area contributed by atoms with E-state index < -0.39 is 29.8 Å². The van der Waals surface area contributed by atoms with Crippen LogP contribution >= 0.6 is 0 Å². The van der Waals surface area contributed by atoms with E-state index in [1.807, 2.05) is 46.0 Å². The second-order valence-electron chi connectivity index (χ2n) is 12.9. The number of ether oxygens (including phenoxy) is 3. The molecule has 3 N–H and O–H groups in total. The maximum atomic E-state index is 13.3. The number of hydrogen-bond acceptors (Lipinski definition) is 10. The van der Waals surface area contributed by atoms with E-state index in [1.54, 1.807) is 26.4 Å². The van der Waals surface area contributed by atoms with Crippen LogP contribution in [-0.2, 0) is 28.9 Å². The van der Waals surface area contributed by atoms with Crippen molar-refractivity contribution in [2.45, 2.75) is 70.2 Å². The van der Waals surface area contributed by atoms with Gasteiger partial charge in [-0.15, -0.1) is 0 Å². The first-order valence-corrected chi connectivity index (χ1v) is 16.1. The SMILES string of the molecule is COc1c(C)c(C)c2c(c1O)[C@@H]1[C@@H]3Cc4c(OC)c(C)c(OC)c(O)c4[C@H](CNC(=O)C(=O)Cc4ccccc4)N3[C@@H](C#N)[C@H](C2)N1C. The van der Waals surface area contributed by atoms with Crippen molar-refractivity contribution in [3.63, 3.8) is 0 Å². The number of methoxy groups -OCH3 is 3. The molecule has 3 aliphatic heterocycles. The molecule has 3 aliphatic rings. The van der Waals surface area contributed by atoms with E-state index in [4.69, 9.17) is 14.2 Å². The summed E-state index contributed by atoms with van der Waals surface area (Å²) in [6, 6.07) is 9.15. The number of carbonyl (C=O) groups excluding carboxylic acids is 2. The fraction of sp³-hybridized carbons (Fsp3) is 0.432. The summed E-state index contributed by atoms with van der Waals surface area (Å²) in [4.78, 5) is 30.5. The van der Waals surface area contributed by atoms with E-state index in [9.17, 15) is 25.1 Å². The number of hydrogen-bond donors (Lipinski definition) is 3. The van der Waals surface area contributed by atoms with Crippen LogP contribution in [0.5, 0.6) is 28.7 Å². The van der Waals surface area contributed by atoms with Gasteiger partial charge in [-0.3, -0.25) is 19.4 Å². The van der Waals surface area contributed by atoms with Gasteiger partial charge in [0.05, 0.1) is 39.5 Å². The monoisotopic (exact) mass is 654 g/mol. The minimum Gasteiger partial charge on any atom is -0.504 e. The van der Waals surface area contributed by atoms with Gasteiger partial charge in [0.1, 0.15) is 11.8 Å². The Bertz CT molecular complexity index is 1840. The van der Waals surface area contributed by atoms with Crippen LogP contribution in [0.25, 0.3) is 0 Å². The fourth-order valence-electron chi connectivity index (χ4n) is 8.49. The van der Waals surface area contributed by atoms with Crippen LogP contribution in [0.3, 0.4) is 0 Å². The molecule has 0 unspecified atom stereocenters. The maximum Gasteiger partial charge on any atom is 0.287 e. The highest BCUT2D eigenvalue weighted by molar-refractivity contribution is 6.36. The van der Waals surface area contributed by atoms with E-state index >= 15 is 0 Å². The Labute approximate surface area is 280 Å². The van der Waals surface area contributed by atoms with Crippen molar-refractivity contribution in [1.82, 2.24) is 15.1 Å². The second-order valence-corrected chi connectivity index (χ2v) is 12.9. The summed E-state index contributed by atoms with van der Waals surface area (Å²) in [5.74, 6) is -0.190. The van der Waals surface area contributed by atoms with Crippen molar-refractivity contribution in [2.75, 3.05) is 34.9 Å². The molecule has 0 spiro atoms. The Balaban J connectivity index is 1.51. The number of ketones is 1. The lowest BCUT2D eigenvalue weighted by Gasteiger charge is -2.60. The van der Waals surface area contributed by atoms with Crippen LogP contribution in [0.1, 0.15) is 56.6 Å². The molecule has 1 fully saturated rings. The summed E-state index contributed by atoms with van der Waals surface area (Å²) in [6.45, 7) is 5.69. The summed E-state index contributed by atoms with van der Waals surface area (Å²) in [5.41, 5.74) is 6.15.